The van der Waals surface area contributed by atoms with Gasteiger partial charge < -0.3 is 10.2 Å². The first-order chi connectivity index (χ1) is 8.79. The van der Waals surface area contributed by atoms with Gasteiger partial charge in [0.1, 0.15) is 5.82 Å². The van der Waals surface area contributed by atoms with Crippen LogP contribution < -0.4 is 10.2 Å². The smallest absolute Gasteiger partial charge is 0.129 e. The van der Waals surface area contributed by atoms with E-state index in [4.69, 9.17) is 0 Å². The monoisotopic (exact) mass is 266 g/mol. The van der Waals surface area contributed by atoms with E-state index in [1.807, 2.05) is 13.1 Å². The number of rotatable bonds is 6. The second-order valence-electron chi connectivity index (χ2n) is 6.00. The van der Waals surface area contributed by atoms with Crippen molar-refractivity contribution in [3.05, 3.63) is 29.6 Å². The molecule has 1 aromatic rings. The number of anilines is 1. The van der Waals surface area contributed by atoms with Gasteiger partial charge in [0.15, 0.2) is 0 Å². The number of hydrogen-bond acceptors (Lipinski definition) is 2. The molecule has 0 radical (unpaired) electrons. The molecule has 0 saturated heterocycles. The molecule has 0 heterocycles. The molecule has 0 atom stereocenters. The minimum Gasteiger partial charge on any atom is -0.369 e. The molecule has 108 valence electrons. The van der Waals surface area contributed by atoms with E-state index >= 15 is 0 Å². The van der Waals surface area contributed by atoms with Crippen LogP contribution in [0.5, 0.6) is 0 Å². The van der Waals surface area contributed by atoms with Crippen LogP contribution in [0.3, 0.4) is 0 Å². The molecular weight excluding hydrogens is 239 g/mol. The van der Waals surface area contributed by atoms with Crippen LogP contribution in [-0.4, -0.2) is 18.6 Å². The van der Waals surface area contributed by atoms with E-state index in [1.54, 1.807) is 6.07 Å². The van der Waals surface area contributed by atoms with Gasteiger partial charge in [-0.25, -0.2) is 4.39 Å². The maximum Gasteiger partial charge on any atom is 0.129 e. The van der Waals surface area contributed by atoms with Gasteiger partial charge in [-0.15, -0.1) is 0 Å². The van der Waals surface area contributed by atoms with Crippen LogP contribution in [-0.2, 0) is 6.54 Å². The summed E-state index contributed by atoms with van der Waals surface area (Å²) in [5, 5.41) is 3.30. The fraction of sp³-hybridized carbons (Fsp3) is 0.625. The van der Waals surface area contributed by atoms with Gasteiger partial charge in [-0.2, -0.15) is 0 Å². The zero-order valence-electron chi connectivity index (χ0n) is 13.0. The minimum atomic E-state index is -0.135. The second-order valence-corrected chi connectivity index (χ2v) is 6.00. The maximum absolute atomic E-state index is 14.1. The van der Waals surface area contributed by atoms with Crippen LogP contribution >= 0.6 is 0 Å². The van der Waals surface area contributed by atoms with E-state index < -0.39 is 0 Å². The largest absolute Gasteiger partial charge is 0.369 e. The summed E-state index contributed by atoms with van der Waals surface area (Å²) in [4.78, 5) is 2.17. The summed E-state index contributed by atoms with van der Waals surface area (Å²) in [6.07, 6.45) is 1.01. The van der Waals surface area contributed by atoms with Crippen molar-refractivity contribution in [3.63, 3.8) is 0 Å². The molecule has 0 saturated carbocycles. The van der Waals surface area contributed by atoms with E-state index in [0.717, 1.165) is 17.7 Å². The van der Waals surface area contributed by atoms with Crippen molar-refractivity contribution in [3.8, 4) is 0 Å². The fourth-order valence-electron chi connectivity index (χ4n) is 1.91. The molecule has 0 aromatic heterocycles. The van der Waals surface area contributed by atoms with Crippen molar-refractivity contribution in [1.29, 1.82) is 0 Å². The molecule has 0 bridgehead atoms. The van der Waals surface area contributed by atoms with E-state index in [-0.39, 0.29) is 11.4 Å². The fourth-order valence-corrected chi connectivity index (χ4v) is 1.91. The predicted octanol–water partition coefficient (Wildman–Crippen LogP) is 3.95. The molecule has 0 aliphatic carbocycles. The summed E-state index contributed by atoms with van der Waals surface area (Å²) in [6, 6.07) is 5.66. The van der Waals surface area contributed by atoms with Gasteiger partial charge in [0, 0.05) is 36.4 Å². The van der Waals surface area contributed by atoms with Gasteiger partial charge in [0.2, 0.25) is 0 Å². The van der Waals surface area contributed by atoms with Crippen LogP contribution in [0.25, 0.3) is 0 Å². The lowest BCUT2D eigenvalue weighted by molar-refractivity contribution is 0.466. The van der Waals surface area contributed by atoms with E-state index in [1.165, 1.54) is 6.07 Å². The van der Waals surface area contributed by atoms with Gasteiger partial charge in [-0.3, -0.25) is 0 Å². The third kappa shape index (κ3) is 3.93. The van der Waals surface area contributed by atoms with Crippen LogP contribution in [0.4, 0.5) is 10.1 Å². The first-order valence-electron chi connectivity index (χ1n) is 7.04. The SMILES string of the molecule is CCC(C)(C)N(C)c1cccc(F)c1CNC(C)C. The lowest BCUT2D eigenvalue weighted by atomic mass is 9.97. The Morgan fingerprint density at radius 3 is 2.47 bits per heavy atom. The zero-order valence-corrected chi connectivity index (χ0v) is 13.0. The summed E-state index contributed by atoms with van der Waals surface area (Å²) >= 11 is 0. The third-order valence-corrected chi connectivity index (χ3v) is 3.92. The minimum absolute atomic E-state index is 0.0143. The Kier molecular flexibility index (Phi) is 5.36. The zero-order chi connectivity index (χ0) is 14.6. The number of nitrogens with one attached hydrogen (secondary N) is 1. The highest BCUT2D eigenvalue weighted by Gasteiger charge is 2.24. The van der Waals surface area contributed by atoms with Crippen LogP contribution in [0.15, 0.2) is 18.2 Å². The highest BCUT2D eigenvalue weighted by Crippen LogP contribution is 2.29. The first kappa shape index (κ1) is 16.0. The second kappa shape index (κ2) is 6.38. The molecule has 0 aliphatic heterocycles. The highest BCUT2D eigenvalue weighted by molar-refractivity contribution is 5.55. The summed E-state index contributed by atoms with van der Waals surface area (Å²) in [7, 11) is 2.04. The third-order valence-electron chi connectivity index (χ3n) is 3.92. The maximum atomic E-state index is 14.1. The van der Waals surface area contributed by atoms with Crippen LogP contribution in [0.1, 0.15) is 46.6 Å². The summed E-state index contributed by atoms with van der Waals surface area (Å²) < 4.78 is 14.1. The molecule has 19 heavy (non-hydrogen) atoms. The Labute approximate surface area is 117 Å². The lowest BCUT2D eigenvalue weighted by Crippen LogP contribution is -2.41. The number of halogens is 1. The van der Waals surface area contributed by atoms with Gasteiger partial charge in [0.25, 0.3) is 0 Å². The Morgan fingerprint density at radius 2 is 1.95 bits per heavy atom. The Hall–Kier alpha value is -1.09. The molecule has 0 amide bonds. The van der Waals surface area contributed by atoms with Crippen LogP contribution in [0.2, 0.25) is 0 Å². The molecule has 2 nitrogen and oxygen atoms in total. The molecule has 0 fully saturated rings. The Bertz CT molecular complexity index is 413. The van der Waals surface area contributed by atoms with Gasteiger partial charge in [-0.1, -0.05) is 26.8 Å². The van der Waals surface area contributed by atoms with E-state index in [9.17, 15) is 4.39 Å². The Balaban J connectivity index is 3.09. The average molecular weight is 266 g/mol. The lowest BCUT2D eigenvalue weighted by Gasteiger charge is -2.38. The van der Waals surface area contributed by atoms with Crippen molar-refractivity contribution in [2.75, 3.05) is 11.9 Å². The number of nitrogens with zero attached hydrogens (tertiary/aromatic N) is 1. The van der Waals surface area contributed by atoms with Crippen molar-refractivity contribution in [2.24, 2.45) is 0 Å². The highest BCUT2D eigenvalue weighted by atomic mass is 19.1. The topological polar surface area (TPSA) is 15.3 Å². The molecule has 1 rings (SSSR count). The van der Waals surface area contributed by atoms with E-state index in [2.05, 4.69) is 44.8 Å². The van der Waals surface area contributed by atoms with E-state index in [0.29, 0.717) is 12.6 Å². The molecule has 1 N–H and O–H groups in total. The quantitative estimate of drug-likeness (QED) is 0.838. The molecular formula is C16H27FN2. The normalized spacial score (nSPS) is 12.0. The first-order valence-corrected chi connectivity index (χ1v) is 7.04. The summed E-state index contributed by atoms with van der Waals surface area (Å²) in [6.45, 7) is 11.2. The van der Waals surface area contributed by atoms with Gasteiger partial charge in [-0.05, 0) is 32.4 Å². The van der Waals surface area contributed by atoms with Gasteiger partial charge >= 0.3 is 0 Å². The molecule has 0 unspecified atom stereocenters. The Morgan fingerprint density at radius 1 is 1.32 bits per heavy atom. The number of benzene rings is 1. The summed E-state index contributed by atoms with van der Waals surface area (Å²) in [5.41, 5.74) is 1.74. The molecule has 0 aliphatic rings. The van der Waals surface area contributed by atoms with Crippen molar-refractivity contribution >= 4 is 5.69 Å². The molecule has 3 heteroatoms. The standard InChI is InChI=1S/C16H27FN2/c1-7-16(4,5)19(6)15-10-8-9-14(17)13(15)11-18-12(2)3/h8-10,12,18H,7,11H2,1-6H3. The van der Waals surface area contributed by atoms with Crippen molar-refractivity contribution in [1.82, 2.24) is 5.32 Å². The molecule has 0 spiro atoms. The number of hydrogen-bond donors (Lipinski definition) is 1. The molecule has 1 aromatic carbocycles. The average Bonchev–Trinajstić information content (AvgIpc) is 2.35. The van der Waals surface area contributed by atoms with Crippen LogP contribution in [0, 0.1) is 5.82 Å². The van der Waals surface area contributed by atoms with Crippen molar-refractivity contribution in [2.45, 2.75) is 59.2 Å². The summed E-state index contributed by atoms with van der Waals surface area (Å²) in [5.74, 6) is -0.135. The van der Waals surface area contributed by atoms with Crippen molar-refractivity contribution < 1.29 is 4.39 Å². The predicted molar refractivity (Wildman–Crippen MR) is 81.1 cm³/mol. The van der Waals surface area contributed by atoms with Gasteiger partial charge in [0.05, 0.1) is 0 Å².